The van der Waals surface area contributed by atoms with Gasteiger partial charge in [0.05, 0.1) is 17.6 Å². The number of hydrogen-bond donors (Lipinski definition) is 4. The minimum absolute atomic E-state index is 0.0588. The van der Waals surface area contributed by atoms with E-state index in [1.807, 2.05) is 42.5 Å². The van der Waals surface area contributed by atoms with Gasteiger partial charge in [0.2, 0.25) is 0 Å². The molecule has 0 aliphatic carbocycles. The monoisotopic (exact) mass is 629 g/mol. The Morgan fingerprint density at radius 2 is 1.68 bits per heavy atom. The van der Waals surface area contributed by atoms with Gasteiger partial charge >= 0.3 is 0 Å². The standard InChI is InChI=1S/C34H25F2N9O2/c1-19(23-11-12-27(35)28(36)14-23)41-34(47)29-32(40-18-25(15-37)42-29)38-16-20-7-9-21(10-8-20)24-13-26-30(39-17-24)44-45-31(26)43-33(46)22-5-3-2-4-6-22/h2-14,17-19H,16H2,1H3,(H,38,40)(H,41,47)(H2,39,43,44,45,46). The quantitative estimate of drug-likeness (QED) is 0.153. The third-order valence-electron chi connectivity index (χ3n) is 7.32. The fourth-order valence-corrected chi connectivity index (χ4v) is 4.79. The molecule has 3 heterocycles. The van der Waals surface area contributed by atoms with Gasteiger partial charge in [-0.15, -0.1) is 0 Å². The Bertz CT molecular complexity index is 2150. The van der Waals surface area contributed by atoms with Gasteiger partial charge in [0.1, 0.15) is 6.07 Å². The van der Waals surface area contributed by atoms with Crippen molar-refractivity contribution >= 4 is 34.5 Å². The molecule has 3 aromatic carbocycles. The average Bonchev–Trinajstić information content (AvgIpc) is 3.50. The number of aromatic nitrogens is 5. The molecule has 11 nitrogen and oxygen atoms in total. The Morgan fingerprint density at radius 1 is 0.894 bits per heavy atom. The normalized spacial score (nSPS) is 11.4. The van der Waals surface area contributed by atoms with Gasteiger partial charge in [-0.05, 0) is 53.9 Å². The van der Waals surface area contributed by atoms with Gasteiger partial charge in [-0.1, -0.05) is 48.5 Å². The summed E-state index contributed by atoms with van der Waals surface area (Å²) in [5.74, 6) is -2.44. The molecule has 0 fully saturated rings. The van der Waals surface area contributed by atoms with E-state index in [2.05, 4.69) is 41.1 Å². The number of nitrogens with zero attached hydrogens (tertiary/aromatic N) is 5. The van der Waals surface area contributed by atoms with Crippen molar-refractivity contribution in [2.75, 3.05) is 10.6 Å². The molecular weight excluding hydrogens is 604 g/mol. The average molecular weight is 630 g/mol. The zero-order valence-corrected chi connectivity index (χ0v) is 24.8. The number of aromatic amines is 1. The minimum atomic E-state index is -1.03. The smallest absolute Gasteiger partial charge is 0.274 e. The lowest BCUT2D eigenvalue weighted by Gasteiger charge is -2.16. The lowest BCUT2D eigenvalue weighted by atomic mass is 10.0. The Balaban J connectivity index is 1.15. The van der Waals surface area contributed by atoms with Crippen LogP contribution in [0.5, 0.6) is 0 Å². The summed E-state index contributed by atoms with van der Waals surface area (Å²) in [5.41, 5.74) is 3.74. The highest BCUT2D eigenvalue weighted by atomic mass is 19.2. The molecule has 1 unspecified atom stereocenters. The maximum absolute atomic E-state index is 13.7. The molecule has 4 N–H and O–H groups in total. The van der Waals surface area contributed by atoms with Crippen molar-refractivity contribution in [1.29, 1.82) is 5.26 Å². The maximum Gasteiger partial charge on any atom is 0.274 e. The lowest BCUT2D eigenvalue weighted by Crippen LogP contribution is -2.29. The Morgan fingerprint density at radius 3 is 2.43 bits per heavy atom. The second-order valence-electron chi connectivity index (χ2n) is 10.5. The van der Waals surface area contributed by atoms with Crippen molar-refractivity contribution in [3.8, 4) is 17.2 Å². The van der Waals surface area contributed by atoms with E-state index in [1.54, 1.807) is 37.4 Å². The first kappa shape index (κ1) is 30.5. The van der Waals surface area contributed by atoms with Crippen LogP contribution in [0.4, 0.5) is 20.4 Å². The molecule has 1 atom stereocenters. The fourth-order valence-electron chi connectivity index (χ4n) is 4.79. The topological polar surface area (TPSA) is 161 Å². The van der Waals surface area contributed by atoms with Crippen LogP contribution >= 0.6 is 0 Å². The summed E-state index contributed by atoms with van der Waals surface area (Å²) in [6, 6.07) is 22.9. The number of hydrogen-bond acceptors (Lipinski definition) is 8. The Hall–Kier alpha value is -6.55. The van der Waals surface area contributed by atoms with Crippen molar-refractivity contribution in [2.24, 2.45) is 0 Å². The van der Waals surface area contributed by atoms with Gasteiger partial charge in [-0.25, -0.2) is 23.7 Å². The highest BCUT2D eigenvalue weighted by Crippen LogP contribution is 2.27. The third-order valence-corrected chi connectivity index (χ3v) is 7.32. The predicted molar refractivity (Wildman–Crippen MR) is 170 cm³/mol. The number of benzene rings is 3. The molecule has 0 saturated heterocycles. The number of H-pyrrole nitrogens is 1. The van der Waals surface area contributed by atoms with E-state index in [0.717, 1.165) is 28.8 Å². The number of nitriles is 1. The predicted octanol–water partition coefficient (Wildman–Crippen LogP) is 5.92. The van der Waals surface area contributed by atoms with Crippen LogP contribution in [0.1, 0.15) is 50.6 Å². The molecular formula is C34H25F2N9O2. The van der Waals surface area contributed by atoms with Gasteiger partial charge < -0.3 is 16.0 Å². The Labute approximate surface area is 266 Å². The van der Waals surface area contributed by atoms with Crippen LogP contribution in [0.2, 0.25) is 0 Å². The number of rotatable bonds is 9. The number of nitrogens with one attached hydrogen (secondary N) is 4. The van der Waals surface area contributed by atoms with Crippen LogP contribution in [0.15, 0.2) is 91.3 Å². The van der Waals surface area contributed by atoms with Gasteiger partial charge in [0, 0.05) is 23.9 Å². The molecule has 0 saturated carbocycles. The number of carbonyl (C=O) groups is 2. The number of halogens is 2. The van der Waals surface area contributed by atoms with Gasteiger partial charge in [0.15, 0.2) is 40.3 Å². The first-order valence-corrected chi connectivity index (χ1v) is 14.4. The van der Waals surface area contributed by atoms with E-state index in [-0.39, 0.29) is 29.7 Å². The number of pyridine rings is 1. The first-order valence-electron chi connectivity index (χ1n) is 14.4. The number of carbonyl (C=O) groups excluding carboxylic acids is 2. The molecule has 0 aliphatic heterocycles. The highest BCUT2D eigenvalue weighted by molar-refractivity contribution is 6.07. The molecule has 0 bridgehead atoms. The van der Waals surface area contributed by atoms with Crippen molar-refractivity contribution in [1.82, 2.24) is 30.5 Å². The number of fused-ring (bicyclic) bond motifs is 1. The third kappa shape index (κ3) is 6.76. The fraction of sp³-hybridized carbons (Fsp3) is 0.0882. The second-order valence-corrected chi connectivity index (χ2v) is 10.5. The summed E-state index contributed by atoms with van der Waals surface area (Å²) >= 11 is 0. The zero-order chi connectivity index (χ0) is 32.9. The molecule has 232 valence electrons. The largest absolute Gasteiger partial charge is 0.364 e. The minimum Gasteiger partial charge on any atom is -0.364 e. The van der Waals surface area contributed by atoms with Gasteiger partial charge in [0.25, 0.3) is 11.8 Å². The van der Waals surface area contributed by atoms with Crippen LogP contribution in [0, 0.1) is 23.0 Å². The molecule has 6 aromatic rings. The van der Waals surface area contributed by atoms with Crippen molar-refractivity contribution in [3.63, 3.8) is 0 Å². The molecule has 13 heteroatoms. The summed E-state index contributed by atoms with van der Waals surface area (Å²) in [4.78, 5) is 38.6. The van der Waals surface area contributed by atoms with E-state index in [1.165, 1.54) is 12.3 Å². The molecule has 47 heavy (non-hydrogen) atoms. The molecule has 3 aromatic heterocycles. The number of anilines is 2. The maximum atomic E-state index is 13.7. The van der Waals surface area contributed by atoms with Crippen LogP contribution in [-0.2, 0) is 6.54 Å². The summed E-state index contributed by atoms with van der Waals surface area (Å²) in [6.07, 6.45) is 2.95. The second kappa shape index (κ2) is 13.2. The summed E-state index contributed by atoms with van der Waals surface area (Å²) in [5, 5.41) is 25.6. The van der Waals surface area contributed by atoms with Crippen molar-refractivity contribution < 1.29 is 18.4 Å². The first-order chi connectivity index (χ1) is 22.8. The lowest BCUT2D eigenvalue weighted by molar-refractivity contribution is 0.0934. The molecule has 0 radical (unpaired) electrons. The molecule has 2 amide bonds. The van der Waals surface area contributed by atoms with Crippen molar-refractivity contribution in [2.45, 2.75) is 19.5 Å². The SMILES string of the molecule is CC(NC(=O)c1nc(C#N)cnc1NCc1ccc(-c2cnc3[nH]nc(NC(=O)c4ccccc4)c3c2)cc1)c1ccc(F)c(F)c1. The highest BCUT2D eigenvalue weighted by Gasteiger charge is 2.20. The van der Waals surface area contributed by atoms with Crippen LogP contribution in [0.25, 0.3) is 22.2 Å². The van der Waals surface area contributed by atoms with Crippen LogP contribution < -0.4 is 16.0 Å². The van der Waals surface area contributed by atoms with E-state index >= 15 is 0 Å². The van der Waals surface area contributed by atoms with Crippen LogP contribution in [0.3, 0.4) is 0 Å². The molecule has 0 spiro atoms. The van der Waals surface area contributed by atoms with E-state index in [4.69, 9.17) is 0 Å². The van der Waals surface area contributed by atoms with Crippen molar-refractivity contribution in [3.05, 3.63) is 131 Å². The molecule has 0 aliphatic rings. The van der Waals surface area contributed by atoms with Crippen LogP contribution in [-0.4, -0.2) is 37.0 Å². The zero-order valence-electron chi connectivity index (χ0n) is 24.8. The summed E-state index contributed by atoms with van der Waals surface area (Å²) in [7, 11) is 0. The van der Waals surface area contributed by atoms with E-state index < -0.39 is 23.6 Å². The molecule has 6 rings (SSSR count). The van der Waals surface area contributed by atoms with E-state index in [9.17, 15) is 23.6 Å². The number of amides is 2. The van der Waals surface area contributed by atoms with Gasteiger partial charge in [-0.2, -0.15) is 10.4 Å². The summed E-state index contributed by atoms with van der Waals surface area (Å²) in [6.45, 7) is 1.89. The van der Waals surface area contributed by atoms with Gasteiger partial charge in [-0.3, -0.25) is 14.7 Å². The van der Waals surface area contributed by atoms with E-state index in [0.29, 0.717) is 28.0 Å². The Kier molecular flexibility index (Phi) is 8.56. The summed E-state index contributed by atoms with van der Waals surface area (Å²) < 4.78 is 27.1.